The third-order valence-corrected chi connectivity index (χ3v) is 4.85. The third kappa shape index (κ3) is 3.09. The van der Waals surface area contributed by atoms with Gasteiger partial charge in [0.1, 0.15) is 0 Å². The van der Waals surface area contributed by atoms with Crippen LogP contribution in [0.25, 0.3) is 0 Å². The van der Waals surface area contributed by atoms with Crippen molar-refractivity contribution in [2.45, 2.75) is 32.6 Å². The van der Waals surface area contributed by atoms with Crippen LogP contribution >= 0.6 is 0 Å². The number of hydrogen-bond acceptors (Lipinski definition) is 2. The number of likely N-dealkylation sites (tertiary alicyclic amines) is 1. The van der Waals surface area contributed by atoms with Crippen LogP contribution in [-0.4, -0.2) is 36.3 Å². The summed E-state index contributed by atoms with van der Waals surface area (Å²) in [6.45, 7) is 4.39. The van der Waals surface area contributed by atoms with Gasteiger partial charge in [-0.2, -0.15) is 0 Å². The van der Waals surface area contributed by atoms with Gasteiger partial charge in [-0.3, -0.25) is 9.59 Å². The van der Waals surface area contributed by atoms with Crippen LogP contribution in [0.2, 0.25) is 0 Å². The molecule has 1 spiro atoms. The Hall–Kier alpha value is -1.84. The summed E-state index contributed by atoms with van der Waals surface area (Å²) in [7, 11) is 0. The zero-order chi connectivity index (χ0) is 14.9. The number of rotatable bonds is 2. The number of nitrogens with zero attached hydrogens (tertiary/aromatic N) is 1. The highest BCUT2D eigenvalue weighted by atomic mass is 16.2. The minimum atomic E-state index is 0.109. The molecule has 2 aliphatic rings. The molecule has 2 heterocycles. The van der Waals surface area contributed by atoms with Crippen LogP contribution in [-0.2, 0) is 16.0 Å². The first-order valence-electron chi connectivity index (χ1n) is 7.66. The normalized spacial score (nSPS) is 20.6. The summed E-state index contributed by atoms with van der Waals surface area (Å²) in [5, 5.41) is 2.93. The molecule has 0 unspecified atom stereocenters. The van der Waals surface area contributed by atoms with Crippen molar-refractivity contribution in [3.05, 3.63) is 35.4 Å². The summed E-state index contributed by atoms with van der Waals surface area (Å²) >= 11 is 0. The zero-order valence-electron chi connectivity index (χ0n) is 12.5. The van der Waals surface area contributed by atoms with Gasteiger partial charge >= 0.3 is 0 Å². The molecule has 21 heavy (non-hydrogen) atoms. The van der Waals surface area contributed by atoms with Gasteiger partial charge in [-0.1, -0.05) is 29.8 Å². The molecular formula is C17H22N2O2. The third-order valence-electron chi connectivity index (χ3n) is 4.85. The fourth-order valence-electron chi connectivity index (χ4n) is 3.33. The van der Waals surface area contributed by atoms with E-state index < -0.39 is 0 Å². The summed E-state index contributed by atoms with van der Waals surface area (Å²) in [5.74, 6) is 0.361. The van der Waals surface area contributed by atoms with Crippen molar-refractivity contribution >= 4 is 11.8 Å². The molecule has 3 rings (SSSR count). The van der Waals surface area contributed by atoms with Crippen molar-refractivity contribution < 1.29 is 9.59 Å². The van der Waals surface area contributed by atoms with Crippen molar-refractivity contribution in [2.75, 3.05) is 19.6 Å². The van der Waals surface area contributed by atoms with E-state index in [0.717, 1.165) is 38.0 Å². The maximum absolute atomic E-state index is 12.4. The molecule has 112 valence electrons. The van der Waals surface area contributed by atoms with Gasteiger partial charge in [0.2, 0.25) is 11.8 Å². The second-order valence-electron chi connectivity index (χ2n) is 6.50. The first kappa shape index (κ1) is 14.1. The van der Waals surface area contributed by atoms with Gasteiger partial charge in [-0.25, -0.2) is 0 Å². The van der Waals surface area contributed by atoms with E-state index in [0.29, 0.717) is 12.8 Å². The summed E-state index contributed by atoms with van der Waals surface area (Å²) in [5.41, 5.74) is 2.39. The van der Waals surface area contributed by atoms with Crippen LogP contribution in [0.1, 0.15) is 30.4 Å². The Morgan fingerprint density at radius 3 is 2.48 bits per heavy atom. The predicted molar refractivity (Wildman–Crippen MR) is 80.8 cm³/mol. The number of nitrogens with one attached hydrogen (secondary N) is 1. The molecule has 0 aromatic heterocycles. The molecule has 2 saturated heterocycles. The summed E-state index contributed by atoms with van der Waals surface area (Å²) in [4.78, 5) is 25.7. The Morgan fingerprint density at radius 2 is 1.90 bits per heavy atom. The van der Waals surface area contributed by atoms with E-state index >= 15 is 0 Å². The van der Waals surface area contributed by atoms with E-state index in [-0.39, 0.29) is 17.2 Å². The van der Waals surface area contributed by atoms with Crippen molar-refractivity contribution in [1.29, 1.82) is 0 Å². The lowest BCUT2D eigenvalue weighted by molar-refractivity contribution is -0.132. The van der Waals surface area contributed by atoms with E-state index in [1.807, 2.05) is 36.1 Å². The average Bonchev–Trinajstić information content (AvgIpc) is 2.83. The highest BCUT2D eigenvalue weighted by molar-refractivity contribution is 5.80. The SMILES string of the molecule is Cc1ccc(CC(=O)N2CCC3(CC2)CNC(=O)C3)cc1. The summed E-state index contributed by atoms with van der Waals surface area (Å²) < 4.78 is 0. The monoisotopic (exact) mass is 286 g/mol. The number of aryl methyl sites for hydroxylation is 1. The Bertz CT molecular complexity index is 542. The molecule has 2 aliphatic heterocycles. The van der Waals surface area contributed by atoms with Crippen LogP contribution in [0.15, 0.2) is 24.3 Å². The number of carbonyl (C=O) groups excluding carboxylic acids is 2. The highest BCUT2D eigenvalue weighted by Gasteiger charge is 2.41. The second-order valence-corrected chi connectivity index (χ2v) is 6.50. The van der Waals surface area contributed by atoms with E-state index in [9.17, 15) is 9.59 Å². The lowest BCUT2D eigenvalue weighted by Crippen LogP contribution is -2.44. The maximum Gasteiger partial charge on any atom is 0.226 e. The Balaban J connectivity index is 1.55. The molecule has 0 aliphatic carbocycles. The molecule has 0 bridgehead atoms. The van der Waals surface area contributed by atoms with Gasteiger partial charge in [0, 0.05) is 26.1 Å². The molecule has 0 radical (unpaired) electrons. The molecule has 4 nitrogen and oxygen atoms in total. The van der Waals surface area contributed by atoms with Crippen LogP contribution in [0.4, 0.5) is 0 Å². The maximum atomic E-state index is 12.4. The first-order valence-corrected chi connectivity index (χ1v) is 7.66. The van der Waals surface area contributed by atoms with Crippen molar-refractivity contribution in [2.24, 2.45) is 5.41 Å². The fourth-order valence-corrected chi connectivity index (χ4v) is 3.33. The highest BCUT2D eigenvalue weighted by Crippen LogP contribution is 2.37. The van der Waals surface area contributed by atoms with Gasteiger partial charge in [0.05, 0.1) is 6.42 Å². The molecule has 4 heteroatoms. The lowest BCUT2D eigenvalue weighted by atomic mass is 9.77. The van der Waals surface area contributed by atoms with Crippen molar-refractivity contribution in [1.82, 2.24) is 10.2 Å². The standard InChI is InChI=1S/C17H22N2O2/c1-13-2-4-14(5-3-13)10-16(21)19-8-6-17(7-9-19)11-15(20)18-12-17/h2-5H,6-12H2,1H3,(H,18,20). The number of amides is 2. The molecule has 2 fully saturated rings. The topological polar surface area (TPSA) is 49.4 Å². The molecule has 1 aromatic rings. The molecule has 0 atom stereocenters. The van der Waals surface area contributed by atoms with Gasteiger partial charge < -0.3 is 10.2 Å². The molecule has 2 amide bonds. The fraction of sp³-hybridized carbons (Fsp3) is 0.529. The minimum Gasteiger partial charge on any atom is -0.356 e. The number of benzene rings is 1. The smallest absolute Gasteiger partial charge is 0.226 e. The number of carbonyl (C=O) groups is 2. The largest absolute Gasteiger partial charge is 0.356 e. The van der Waals surface area contributed by atoms with Crippen LogP contribution < -0.4 is 5.32 Å². The predicted octanol–water partition coefficient (Wildman–Crippen LogP) is 1.67. The van der Waals surface area contributed by atoms with Crippen LogP contribution in [0, 0.1) is 12.3 Å². The Kier molecular flexibility index (Phi) is 3.70. The van der Waals surface area contributed by atoms with Gasteiger partial charge in [0.25, 0.3) is 0 Å². The van der Waals surface area contributed by atoms with Crippen molar-refractivity contribution in [3.63, 3.8) is 0 Å². The zero-order valence-corrected chi connectivity index (χ0v) is 12.5. The van der Waals surface area contributed by atoms with Gasteiger partial charge in [0.15, 0.2) is 0 Å². The lowest BCUT2D eigenvalue weighted by Gasteiger charge is -2.38. The second kappa shape index (κ2) is 5.51. The van der Waals surface area contributed by atoms with Crippen molar-refractivity contribution in [3.8, 4) is 0 Å². The number of piperidine rings is 1. The van der Waals surface area contributed by atoms with Crippen LogP contribution in [0.3, 0.4) is 0 Å². The van der Waals surface area contributed by atoms with Gasteiger partial charge in [-0.15, -0.1) is 0 Å². The summed E-state index contributed by atoms with van der Waals surface area (Å²) in [6, 6.07) is 8.14. The van der Waals surface area contributed by atoms with Gasteiger partial charge in [-0.05, 0) is 30.7 Å². The van der Waals surface area contributed by atoms with Crippen LogP contribution in [0.5, 0.6) is 0 Å². The first-order chi connectivity index (χ1) is 10.1. The summed E-state index contributed by atoms with van der Waals surface area (Å²) in [6.07, 6.45) is 2.98. The van der Waals surface area contributed by atoms with E-state index in [2.05, 4.69) is 5.32 Å². The quantitative estimate of drug-likeness (QED) is 0.899. The molecule has 1 N–H and O–H groups in total. The van der Waals surface area contributed by atoms with E-state index in [1.165, 1.54) is 5.56 Å². The number of hydrogen-bond donors (Lipinski definition) is 1. The molecular weight excluding hydrogens is 264 g/mol. The Labute approximate surface area is 125 Å². The minimum absolute atomic E-state index is 0.109. The molecule has 0 saturated carbocycles. The average molecular weight is 286 g/mol. The van der Waals surface area contributed by atoms with E-state index in [1.54, 1.807) is 0 Å². The molecule has 1 aromatic carbocycles. The Morgan fingerprint density at radius 1 is 1.24 bits per heavy atom. The van der Waals surface area contributed by atoms with E-state index in [4.69, 9.17) is 0 Å².